The molecule has 3 N–H and O–H groups in total. The van der Waals surface area contributed by atoms with E-state index < -0.39 is 0 Å². The largest absolute Gasteiger partial charge is 0.396 e. The van der Waals surface area contributed by atoms with Crippen molar-refractivity contribution in [1.82, 2.24) is 4.98 Å². The van der Waals surface area contributed by atoms with E-state index in [2.05, 4.69) is 29.4 Å². The molecule has 2 aromatic rings. The average Bonchev–Trinajstić information content (AvgIpc) is 2.42. The van der Waals surface area contributed by atoms with Gasteiger partial charge in [-0.3, -0.25) is 0 Å². The molecule has 0 aliphatic carbocycles. The molecule has 0 bridgehead atoms. The molecule has 19 heavy (non-hydrogen) atoms. The molecule has 2 rings (SSSR count). The number of aromatic nitrogens is 1. The third kappa shape index (κ3) is 3.46. The zero-order valence-electron chi connectivity index (χ0n) is 10.8. The first-order chi connectivity index (χ1) is 9.19. The fraction of sp³-hybridized carbons (Fsp3) is 0.200. The lowest BCUT2D eigenvalue weighted by Gasteiger charge is -2.15. The molecule has 1 aromatic heterocycles. The summed E-state index contributed by atoms with van der Waals surface area (Å²) < 4.78 is 0. The second-order valence-electron chi connectivity index (χ2n) is 4.48. The summed E-state index contributed by atoms with van der Waals surface area (Å²) in [4.78, 5) is 4.18. The van der Waals surface area contributed by atoms with Gasteiger partial charge in [0, 0.05) is 6.04 Å². The summed E-state index contributed by atoms with van der Waals surface area (Å²) >= 11 is 0. The monoisotopic (exact) mass is 252 g/mol. The predicted molar refractivity (Wildman–Crippen MR) is 76.6 cm³/mol. The number of benzene rings is 1. The lowest BCUT2D eigenvalue weighted by atomic mass is 10.1. The maximum Gasteiger partial charge on any atom is 0.165 e. The summed E-state index contributed by atoms with van der Waals surface area (Å²) in [5.74, 6) is 0.675. The van der Waals surface area contributed by atoms with Gasteiger partial charge < -0.3 is 11.1 Å². The minimum Gasteiger partial charge on any atom is -0.396 e. The molecule has 0 amide bonds. The topological polar surface area (TPSA) is 74.7 Å². The van der Waals surface area contributed by atoms with Gasteiger partial charge in [0.05, 0.1) is 5.69 Å². The second kappa shape index (κ2) is 5.87. The van der Waals surface area contributed by atoms with E-state index in [4.69, 9.17) is 11.0 Å². The van der Waals surface area contributed by atoms with E-state index in [0.717, 1.165) is 6.42 Å². The first kappa shape index (κ1) is 12.9. The summed E-state index contributed by atoms with van der Waals surface area (Å²) in [5.41, 5.74) is 7.57. The third-order valence-corrected chi connectivity index (χ3v) is 2.81. The molecule has 4 nitrogen and oxygen atoms in total. The molecule has 1 heterocycles. The summed E-state index contributed by atoms with van der Waals surface area (Å²) in [5, 5.41) is 12.2. The van der Waals surface area contributed by atoms with Crippen molar-refractivity contribution in [2.24, 2.45) is 0 Å². The van der Waals surface area contributed by atoms with Gasteiger partial charge in [-0.05, 0) is 31.0 Å². The van der Waals surface area contributed by atoms with Crippen LogP contribution in [-0.2, 0) is 6.42 Å². The lowest BCUT2D eigenvalue weighted by molar-refractivity contribution is 0.784. The summed E-state index contributed by atoms with van der Waals surface area (Å²) in [6.45, 7) is 2.08. The zero-order chi connectivity index (χ0) is 13.7. The number of nitrogens with zero attached hydrogens (tertiary/aromatic N) is 2. The molecule has 4 heteroatoms. The molecule has 96 valence electrons. The van der Waals surface area contributed by atoms with Crippen molar-refractivity contribution in [2.45, 2.75) is 19.4 Å². The van der Waals surface area contributed by atoms with Gasteiger partial charge in [0.2, 0.25) is 0 Å². The SMILES string of the molecule is CC(Cc1ccccc1)Nc1ccc(N)c(C#N)n1. The maximum atomic E-state index is 8.89. The zero-order valence-corrected chi connectivity index (χ0v) is 10.8. The third-order valence-electron chi connectivity index (χ3n) is 2.81. The van der Waals surface area contributed by atoms with Crippen molar-refractivity contribution in [1.29, 1.82) is 5.26 Å². The van der Waals surface area contributed by atoms with Crippen molar-refractivity contribution in [3.8, 4) is 6.07 Å². The van der Waals surface area contributed by atoms with E-state index in [1.165, 1.54) is 5.56 Å². The van der Waals surface area contributed by atoms with Crippen molar-refractivity contribution in [3.63, 3.8) is 0 Å². The highest BCUT2D eigenvalue weighted by molar-refractivity contribution is 5.54. The van der Waals surface area contributed by atoms with E-state index in [1.807, 2.05) is 24.3 Å². The van der Waals surface area contributed by atoms with E-state index in [-0.39, 0.29) is 11.7 Å². The Hall–Kier alpha value is -2.54. The van der Waals surface area contributed by atoms with E-state index in [9.17, 15) is 0 Å². The molecule has 0 saturated carbocycles. The van der Waals surface area contributed by atoms with Crippen molar-refractivity contribution in [3.05, 3.63) is 53.7 Å². The van der Waals surface area contributed by atoms with Crippen LogP contribution in [0.15, 0.2) is 42.5 Å². The number of anilines is 2. The molecule has 1 aromatic carbocycles. The molecule has 0 radical (unpaired) electrons. The number of hydrogen-bond acceptors (Lipinski definition) is 4. The van der Waals surface area contributed by atoms with Crippen LogP contribution in [0.5, 0.6) is 0 Å². The van der Waals surface area contributed by atoms with Crippen LogP contribution in [0.4, 0.5) is 11.5 Å². The Bertz CT molecular complexity index is 587. The van der Waals surface area contributed by atoms with Gasteiger partial charge in [-0.2, -0.15) is 5.26 Å². The fourth-order valence-corrected chi connectivity index (χ4v) is 1.91. The van der Waals surface area contributed by atoms with Crippen LogP contribution in [0.25, 0.3) is 0 Å². The Morgan fingerprint density at radius 3 is 2.68 bits per heavy atom. The number of nitrogens with one attached hydrogen (secondary N) is 1. The molecule has 0 aliphatic rings. The molecule has 1 atom stereocenters. The maximum absolute atomic E-state index is 8.89. The molecule has 0 aliphatic heterocycles. The first-order valence-electron chi connectivity index (χ1n) is 6.16. The number of rotatable bonds is 4. The van der Waals surface area contributed by atoms with Gasteiger partial charge in [-0.25, -0.2) is 4.98 Å². The molecular weight excluding hydrogens is 236 g/mol. The Kier molecular flexibility index (Phi) is 3.99. The summed E-state index contributed by atoms with van der Waals surface area (Å²) in [6, 6.07) is 15.9. The van der Waals surface area contributed by atoms with E-state index in [0.29, 0.717) is 11.5 Å². The Balaban J connectivity index is 2.03. The van der Waals surface area contributed by atoms with E-state index >= 15 is 0 Å². The minimum absolute atomic E-state index is 0.227. The van der Waals surface area contributed by atoms with Crippen LogP contribution in [0.3, 0.4) is 0 Å². The summed E-state index contributed by atoms with van der Waals surface area (Å²) in [7, 11) is 0. The number of nitriles is 1. The first-order valence-corrected chi connectivity index (χ1v) is 6.16. The molecule has 0 saturated heterocycles. The Morgan fingerprint density at radius 1 is 1.26 bits per heavy atom. The minimum atomic E-state index is 0.227. The lowest BCUT2D eigenvalue weighted by Crippen LogP contribution is -2.19. The smallest absolute Gasteiger partial charge is 0.165 e. The standard InChI is InChI=1S/C15H16N4/c1-11(9-12-5-3-2-4-6-12)18-15-8-7-13(17)14(10-16)19-15/h2-8,11H,9,17H2,1H3,(H,18,19). The van der Waals surface area contributed by atoms with Gasteiger partial charge in [-0.15, -0.1) is 0 Å². The van der Waals surface area contributed by atoms with Crippen LogP contribution in [-0.4, -0.2) is 11.0 Å². The average molecular weight is 252 g/mol. The normalized spacial score (nSPS) is 11.6. The number of nitrogens with two attached hydrogens (primary N) is 1. The highest BCUT2D eigenvalue weighted by atomic mass is 15.0. The molecular formula is C15H16N4. The van der Waals surface area contributed by atoms with Crippen LogP contribution >= 0.6 is 0 Å². The van der Waals surface area contributed by atoms with E-state index in [1.54, 1.807) is 12.1 Å². The number of hydrogen-bond donors (Lipinski definition) is 2. The van der Waals surface area contributed by atoms with Crippen molar-refractivity contribution < 1.29 is 0 Å². The van der Waals surface area contributed by atoms with Gasteiger partial charge >= 0.3 is 0 Å². The van der Waals surface area contributed by atoms with Crippen LogP contribution in [0.2, 0.25) is 0 Å². The van der Waals surface area contributed by atoms with Crippen LogP contribution in [0.1, 0.15) is 18.2 Å². The van der Waals surface area contributed by atoms with Crippen LogP contribution in [0, 0.1) is 11.3 Å². The van der Waals surface area contributed by atoms with Gasteiger partial charge in [0.15, 0.2) is 5.69 Å². The second-order valence-corrected chi connectivity index (χ2v) is 4.48. The van der Waals surface area contributed by atoms with Gasteiger partial charge in [0.1, 0.15) is 11.9 Å². The summed E-state index contributed by atoms with van der Waals surface area (Å²) in [6.07, 6.45) is 0.898. The molecule has 1 unspecified atom stereocenters. The quantitative estimate of drug-likeness (QED) is 0.877. The predicted octanol–water partition coefficient (Wildman–Crippen LogP) is 2.58. The number of nitrogen functional groups attached to an aromatic ring is 1. The number of pyridine rings is 1. The Labute approximate surface area is 112 Å². The molecule has 0 fully saturated rings. The fourth-order valence-electron chi connectivity index (χ4n) is 1.91. The highest BCUT2D eigenvalue weighted by Gasteiger charge is 2.06. The highest BCUT2D eigenvalue weighted by Crippen LogP contribution is 2.14. The van der Waals surface area contributed by atoms with Gasteiger partial charge in [0.25, 0.3) is 0 Å². The van der Waals surface area contributed by atoms with Gasteiger partial charge in [-0.1, -0.05) is 30.3 Å². The van der Waals surface area contributed by atoms with Crippen molar-refractivity contribution >= 4 is 11.5 Å². The molecule has 0 spiro atoms. The van der Waals surface area contributed by atoms with Crippen LogP contribution < -0.4 is 11.1 Å². The Morgan fingerprint density at radius 2 is 2.00 bits per heavy atom. The van der Waals surface area contributed by atoms with Crippen molar-refractivity contribution in [2.75, 3.05) is 11.1 Å².